The highest BCUT2D eigenvalue weighted by Gasteiger charge is 2.30. The second kappa shape index (κ2) is 8.20. The third-order valence-corrected chi connectivity index (χ3v) is 8.65. The van der Waals surface area contributed by atoms with Crippen molar-refractivity contribution in [3.05, 3.63) is 42.0 Å². The number of benzene rings is 2. The lowest BCUT2D eigenvalue weighted by molar-refractivity contribution is 0.174. The first kappa shape index (κ1) is 19.8. The molecule has 30 heavy (non-hydrogen) atoms. The van der Waals surface area contributed by atoms with Crippen molar-refractivity contribution in [2.45, 2.75) is 23.0 Å². The summed E-state index contributed by atoms with van der Waals surface area (Å²) in [5.74, 6) is 3.34. The van der Waals surface area contributed by atoms with Crippen LogP contribution in [-0.4, -0.2) is 51.6 Å². The van der Waals surface area contributed by atoms with Gasteiger partial charge in [0, 0.05) is 36.6 Å². The number of nitrogens with zero attached hydrogens (tertiary/aromatic N) is 1. The third kappa shape index (κ3) is 3.81. The maximum Gasteiger partial charge on any atom is 0.243 e. The molecular weight excluding hydrogens is 426 g/mol. The molecule has 9 heteroatoms. The SMILES string of the molecule is O=S(=O)(c1ccc2c(c1)OCCCO2)N1CCS[C@H](c2ccc3c(c2)OCO3)CC1. The van der Waals surface area contributed by atoms with Crippen LogP contribution in [-0.2, 0) is 10.0 Å². The molecule has 0 saturated carbocycles. The van der Waals surface area contributed by atoms with Gasteiger partial charge in [-0.15, -0.1) is 0 Å². The van der Waals surface area contributed by atoms with Crippen LogP contribution in [0, 0.1) is 0 Å². The van der Waals surface area contributed by atoms with E-state index in [1.54, 1.807) is 34.3 Å². The zero-order valence-electron chi connectivity index (χ0n) is 16.4. The van der Waals surface area contributed by atoms with E-state index < -0.39 is 10.0 Å². The Balaban J connectivity index is 1.33. The summed E-state index contributed by atoms with van der Waals surface area (Å²) in [5.41, 5.74) is 1.14. The zero-order valence-corrected chi connectivity index (χ0v) is 18.0. The van der Waals surface area contributed by atoms with E-state index in [9.17, 15) is 8.42 Å². The summed E-state index contributed by atoms with van der Waals surface area (Å²) in [4.78, 5) is 0.248. The van der Waals surface area contributed by atoms with Crippen LogP contribution in [0.4, 0.5) is 0 Å². The predicted octanol–water partition coefficient (Wildman–Crippen LogP) is 3.45. The monoisotopic (exact) mass is 449 g/mol. The van der Waals surface area contributed by atoms with Crippen LogP contribution in [0.3, 0.4) is 0 Å². The van der Waals surface area contributed by atoms with E-state index >= 15 is 0 Å². The highest BCUT2D eigenvalue weighted by molar-refractivity contribution is 7.99. The topological polar surface area (TPSA) is 74.3 Å². The number of sulfonamides is 1. The summed E-state index contributed by atoms with van der Waals surface area (Å²) < 4.78 is 50.3. The molecule has 3 aliphatic rings. The van der Waals surface area contributed by atoms with Gasteiger partial charge in [-0.1, -0.05) is 6.07 Å². The van der Waals surface area contributed by atoms with E-state index in [4.69, 9.17) is 18.9 Å². The van der Waals surface area contributed by atoms with Crippen molar-refractivity contribution in [1.29, 1.82) is 0 Å². The largest absolute Gasteiger partial charge is 0.490 e. The Hall–Kier alpha value is -2.10. The van der Waals surface area contributed by atoms with Gasteiger partial charge in [-0.2, -0.15) is 16.1 Å². The number of hydrogen-bond donors (Lipinski definition) is 0. The molecule has 7 nitrogen and oxygen atoms in total. The Morgan fingerprint density at radius 2 is 1.60 bits per heavy atom. The van der Waals surface area contributed by atoms with Crippen LogP contribution in [0.1, 0.15) is 23.7 Å². The van der Waals surface area contributed by atoms with Crippen LogP contribution >= 0.6 is 11.8 Å². The second-order valence-electron chi connectivity index (χ2n) is 7.32. The lowest BCUT2D eigenvalue weighted by Crippen LogP contribution is -2.33. The molecule has 0 amide bonds. The molecule has 0 aliphatic carbocycles. The van der Waals surface area contributed by atoms with Crippen LogP contribution < -0.4 is 18.9 Å². The van der Waals surface area contributed by atoms with Gasteiger partial charge in [-0.05, 0) is 36.2 Å². The van der Waals surface area contributed by atoms with E-state index in [1.807, 2.05) is 18.2 Å². The molecule has 0 spiro atoms. The van der Waals surface area contributed by atoms with Crippen molar-refractivity contribution in [2.24, 2.45) is 0 Å². The van der Waals surface area contributed by atoms with E-state index in [1.165, 1.54) is 0 Å². The molecule has 5 rings (SSSR count). The molecule has 2 aromatic carbocycles. The number of fused-ring (bicyclic) bond motifs is 2. The second-order valence-corrected chi connectivity index (χ2v) is 10.6. The Labute approximate surface area is 180 Å². The summed E-state index contributed by atoms with van der Waals surface area (Å²) in [5, 5.41) is 0.212. The van der Waals surface area contributed by atoms with Crippen molar-refractivity contribution in [3.8, 4) is 23.0 Å². The van der Waals surface area contributed by atoms with E-state index in [-0.39, 0.29) is 16.9 Å². The van der Waals surface area contributed by atoms with Crippen LogP contribution in [0.15, 0.2) is 41.3 Å². The first-order chi connectivity index (χ1) is 14.6. The highest BCUT2D eigenvalue weighted by atomic mass is 32.2. The summed E-state index contributed by atoms with van der Waals surface area (Å²) in [6.45, 7) is 2.28. The number of thioether (sulfide) groups is 1. The molecular formula is C21H23NO6S2. The Bertz CT molecular complexity index is 1040. The van der Waals surface area contributed by atoms with Gasteiger partial charge >= 0.3 is 0 Å². The minimum absolute atomic E-state index is 0.212. The average molecular weight is 450 g/mol. The molecule has 1 atom stereocenters. The molecule has 1 saturated heterocycles. The predicted molar refractivity (Wildman–Crippen MR) is 113 cm³/mol. The number of rotatable bonds is 3. The summed E-state index contributed by atoms with van der Waals surface area (Å²) >= 11 is 1.78. The molecule has 2 aromatic rings. The molecule has 3 aliphatic heterocycles. The lowest BCUT2D eigenvalue weighted by Gasteiger charge is -2.21. The molecule has 0 bridgehead atoms. The van der Waals surface area contributed by atoms with E-state index in [2.05, 4.69) is 0 Å². The maximum absolute atomic E-state index is 13.3. The molecule has 160 valence electrons. The van der Waals surface area contributed by atoms with Crippen molar-refractivity contribution in [1.82, 2.24) is 4.31 Å². The van der Waals surface area contributed by atoms with Crippen LogP contribution in [0.5, 0.6) is 23.0 Å². The fourth-order valence-electron chi connectivity index (χ4n) is 3.82. The molecule has 1 fully saturated rings. The number of ether oxygens (including phenoxy) is 4. The van der Waals surface area contributed by atoms with Gasteiger partial charge in [0.25, 0.3) is 0 Å². The van der Waals surface area contributed by atoms with Crippen molar-refractivity contribution in [3.63, 3.8) is 0 Å². The van der Waals surface area contributed by atoms with Gasteiger partial charge < -0.3 is 18.9 Å². The quantitative estimate of drug-likeness (QED) is 0.711. The lowest BCUT2D eigenvalue weighted by atomic mass is 10.1. The van der Waals surface area contributed by atoms with Crippen LogP contribution in [0.25, 0.3) is 0 Å². The average Bonchev–Trinajstić information content (AvgIpc) is 2.93. The van der Waals surface area contributed by atoms with Crippen molar-refractivity contribution < 1.29 is 27.4 Å². The van der Waals surface area contributed by atoms with Gasteiger partial charge in [-0.3, -0.25) is 0 Å². The summed E-state index contributed by atoms with van der Waals surface area (Å²) in [6, 6.07) is 10.9. The third-order valence-electron chi connectivity index (χ3n) is 5.43. The maximum atomic E-state index is 13.3. The molecule has 3 heterocycles. The van der Waals surface area contributed by atoms with Gasteiger partial charge in [-0.25, -0.2) is 8.42 Å². The molecule has 0 N–H and O–H groups in total. The molecule has 0 unspecified atom stereocenters. The molecule has 0 radical (unpaired) electrons. The Morgan fingerprint density at radius 3 is 2.50 bits per heavy atom. The van der Waals surface area contributed by atoms with E-state index in [0.717, 1.165) is 35.7 Å². The summed E-state index contributed by atoms with van der Waals surface area (Å²) in [7, 11) is -3.61. The fourth-order valence-corrected chi connectivity index (χ4v) is 6.63. The standard InChI is InChI=1S/C21H23NO6S2/c23-30(24,16-3-5-17-20(13-16)26-10-1-9-25-17)22-7-6-21(29-11-8-22)15-2-4-18-19(12-15)28-14-27-18/h2-5,12-13,21H,1,6-11,14H2/t21-/m0/s1. The van der Waals surface area contributed by atoms with E-state index in [0.29, 0.717) is 37.8 Å². The Kier molecular flexibility index (Phi) is 5.43. The fraction of sp³-hybridized carbons (Fsp3) is 0.429. The smallest absolute Gasteiger partial charge is 0.243 e. The zero-order chi connectivity index (χ0) is 20.6. The van der Waals surface area contributed by atoms with Gasteiger partial charge in [0.1, 0.15) is 0 Å². The Morgan fingerprint density at radius 1 is 0.867 bits per heavy atom. The van der Waals surface area contributed by atoms with Gasteiger partial charge in [0.15, 0.2) is 23.0 Å². The number of hydrogen-bond acceptors (Lipinski definition) is 7. The van der Waals surface area contributed by atoms with Crippen molar-refractivity contribution >= 4 is 21.8 Å². The minimum atomic E-state index is -3.61. The highest BCUT2D eigenvalue weighted by Crippen LogP contribution is 2.41. The van der Waals surface area contributed by atoms with Crippen LogP contribution in [0.2, 0.25) is 0 Å². The summed E-state index contributed by atoms with van der Waals surface area (Å²) in [6.07, 6.45) is 1.51. The minimum Gasteiger partial charge on any atom is -0.490 e. The van der Waals surface area contributed by atoms with Gasteiger partial charge in [0.2, 0.25) is 16.8 Å². The van der Waals surface area contributed by atoms with Crippen molar-refractivity contribution in [2.75, 3.05) is 38.8 Å². The first-order valence-corrected chi connectivity index (χ1v) is 12.5. The van der Waals surface area contributed by atoms with Gasteiger partial charge in [0.05, 0.1) is 18.1 Å². The first-order valence-electron chi connectivity index (χ1n) is 10.0. The molecule has 0 aromatic heterocycles. The normalized spacial score (nSPS) is 21.7.